The van der Waals surface area contributed by atoms with Gasteiger partial charge in [-0.2, -0.15) is 0 Å². The molecule has 3 N–H and O–H groups in total. The normalized spacial score (nSPS) is 17.8. The number of hydrogen-bond donors (Lipinski definition) is 3. The van der Waals surface area contributed by atoms with E-state index in [1.54, 1.807) is 6.20 Å². The van der Waals surface area contributed by atoms with Gasteiger partial charge in [-0.05, 0) is 54.2 Å². The molecule has 2 aliphatic rings. The first kappa shape index (κ1) is 27.3. The Hall–Kier alpha value is -3.93. The third-order valence-corrected chi connectivity index (χ3v) is 8.57. The van der Waals surface area contributed by atoms with E-state index in [4.69, 9.17) is 4.99 Å². The van der Waals surface area contributed by atoms with Crippen LogP contribution in [0.2, 0.25) is 0 Å². The van der Waals surface area contributed by atoms with Crippen LogP contribution in [0.25, 0.3) is 21.7 Å². The molecule has 0 aliphatic heterocycles. The topological polar surface area (TPSA) is 78.4 Å². The summed E-state index contributed by atoms with van der Waals surface area (Å²) in [7, 11) is 0. The predicted octanol–water partition coefficient (Wildman–Crippen LogP) is 7.14. The number of nitrogens with one attached hydrogen (secondary N) is 3. The van der Waals surface area contributed by atoms with E-state index in [9.17, 15) is 4.79 Å². The van der Waals surface area contributed by atoms with Crippen molar-refractivity contribution in [2.45, 2.75) is 88.8 Å². The number of pyridine rings is 1. The minimum Gasteiger partial charge on any atom is -0.354 e. The van der Waals surface area contributed by atoms with Crippen LogP contribution in [0.1, 0.15) is 69.8 Å². The van der Waals surface area contributed by atoms with Gasteiger partial charge in [0.2, 0.25) is 5.91 Å². The van der Waals surface area contributed by atoms with Crippen LogP contribution >= 0.6 is 0 Å². The molecule has 1 atom stereocenters. The molecule has 3 aromatic carbocycles. The highest BCUT2D eigenvalue weighted by molar-refractivity contribution is 5.99. The SMILES string of the molecule is O=C(Nc1cnc2ccccc2c1)[C@@H](Cc1ccc2ccccc2c1)NC(=NC1CCCCC1)NC1CCCCC1. The zero-order valence-corrected chi connectivity index (χ0v) is 23.8. The Labute approximate surface area is 243 Å². The van der Waals surface area contributed by atoms with E-state index in [2.05, 4.69) is 63.4 Å². The van der Waals surface area contributed by atoms with Crippen LogP contribution in [0.15, 0.2) is 84.0 Å². The van der Waals surface area contributed by atoms with Crippen molar-refractivity contribution in [1.82, 2.24) is 15.6 Å². The van der Waals surface area contributed by atoms with Crippen molar-refractivity contribution < 1.29 is 4.79 Å². The number of fused-ring (bicyclic) bond motifs is 2. The Morgan fingerprint density at radius 2 is 1.51 bits per heavy atom. The second-order valence-corrected chi connectivity index (χ2v) is 11.7. The molecule has 4 aromatic rings. The van der Waals surface area contributed by atoms with Crippen LogP contribution in [0.3, 0.4) is 0 Å². The number of aliphatic imine (C=N–C) groups is 1. The number of aromatic nitrogens is 1. The van der Waals surface area contributed by atoms with Crippen LogP contribution in [-0.2, 0) is 11.2 Å². The molecule has 1 amide bonds. The van der Waals surface area contributed by atoms with Gasteiger partial charge in [0.05, 0.1) is 23.4 Å². The predicted molar refractivity (Wildman–Crippen MR) is 169 cm³/mol. The molecule has 0 bridgehead atoms. The molecule has 0 radical (unpaired) electrons. The van der Waals surface area contributed by atoms with E-state index in [1.165, 1.54) is 49.3 Å². The number of para-hydroxylation sites is 1. The lowest BCUT2D eigenvalue weighted by atomic mass is 9.95. The fourth-order valence-corrected chi connectivity index (χ4v) is 6.29. The van der Waals surface area contributed by atoms with Gasteiger partial charge in [-0.1, -0.05) is 99.2 Å². The molecule has 6 heteroatoms. The molecule has 1 aromatic heterocycles. The van der Waals surface area contributed by atoms with E-state index < -0.39 is 6.04 Å². The molecule has 212 valence electrons. The summed E-state index contributed by atoms with van der Waals surface area (Å²) in [5.74, 6) is 0.693. The summed E-state index contributed by atoms with van der Waals surface area (Å²) in [5.41, 5.74) is 2.72. The second kappa shape index (κ2) is 13.2. The molecule has 2 fully saturated rings. The Morgan fingerprint density at radius 3 is 2.32 bits per heavy atom. The molecule has 0 spiro atoms. The van der Waals surface area contributed by atoms with E-state index in [0.717, 1.165) is 48.1 Å². The molecule has 6 nitrogen and oxygen atoms in total. The monoisotopic (exact) mass is 547 g/mol. The minimum atomic E-state index is -0.499. The van der Waals surface area contributed by atoms with Crippen molar-refractivity contribution in [1.29, 1.82) is 0 Å². The van der Waals surface area contributed by atoms with Crippen molar-refractivity contribution >= 4 is 39.2 Å². The highest BCUT2D eigenvalue weighted by Crippen LogP contribution is 2.22. The van der Waals surface area contributed by atoms with Gasteiger partial charge < -0.3 is 16.0 Å². The number of nitrogens with zero attached hydrogens (tertiary/aromatic N) is 2. The van der Waals surface area contributed by atoms with E-state index in [-0.39, 0.29) is 5.91 Å². The zero-order valence-electron chi connectivity index (χ0n) is 23.8. The Bertz CT molecular complexity index is 1500. The van der Waals surface area contributed by atoms with Gasteiger partial charge in [-0.25, -0.2) is 4.99 Å². The van der Waals surface area contributed by atoms with Crippen molar-refractivity contribution in [3.05, 3.63) is 84.6 Å². The van der Waals surface area contributed by atoms with E-state index in [1.807, 2.05) is 30.3 Å². The lowest BCUT2D eigenvalue weighted by Gasteiger charge is -2.29. The van der Waals surface area contributed by atoms with Crippen molar-refractivity contribution in [2.24, 2.45) is 4.99 Å². The van der Waals surface area contributed by atoms with Crippen LogP contribution < -0.4 is 16.0 Å². The number of carbonyl (C=O) groups is 1. The smallest absolute Gasteiger partial charge is 0.247 e. The molecule has 6 rings (SSSR count). The first-order chi connectivity index (χ1) is 20.2. The number of amides is 1. The van der Waals surface area contributed by atoms with Crippen LogP contribution in [0.4, 0.5) is 5.69 Å². The Kier molecular flexibility index (Phi) is 8.74. The number of carbonyl (C=O) groups excluding carboxylic acids is 1. The molecular formula is C35H41N5O. The Balaban J connectivity index is 1.28. The van der Waals surface area contributed by atoms with Gasteiger partial charge in [0.15, 0.2) is 5.96 Å². The maximum atomic E-state index is 14.0. The number of benzene rings is 3. The maximum absolute atomic E-state index is 14.0. The average molecular weight is 548 g/mol. The lowest BCUT2D eigenvalue weighted by Crippen LogP contribution is -2.53. The van der Waals surface area contributed by atoms with Gasteiger partial charge in [0.25, 0.3) is 0 Å². The molecule has 0 saturated heterocycles. The first-order valence-electron chi connectivity index (χ1n) is 15.4. The summed E-state index contributed by atoms with van der Waals surface area (Å²) in [6.07, 6.45) is 14.3. The molecule has 2 aliphatic carbocycles. The van der Waals surface area contributed by atoms with Crippen LogP contribution in [0.5, 0.6) is 0 Å². The Morgan fingerprint density at radius 1 is 0.805 bits per heavy atom. The highest BCUT2D eigenvalue weighted by Gasteiger charge is 2.24. The van der Waals surface area contributed by atoms with Gasteiger partial charge in [0, 0.05) is 17.8 Å². The number of guanidine groups is 1. The number of rotatable bonds is 7. The van der Waals surface area contributed by atoms with Crippen molar-refractivity contribution in [2.75, 3.05) is 5.32 Å². The third-order valence-electron chi connectivity index (χ3n) is 8.57. The zero-order chi connectivity index (χ0) is 27.9. The van der Waals surface area contributed by atoms with Crippen LogP contribution in [-0.4, -0.2) is 35.0 Å². The molecule has 0 unspecified atom stereocenters. The fourth-order valence-electron chi connectivity index (χ4n) is 6.29. The molecule has 41 heavy (non-hydrogen) atoms. The van der Waals surface area contributed by atoms with Gasteiger partial charge in [-0.15, -0.1) is 0 Å². The number of hydrogen-bond acceptors (Lipinski definition) is 3. The largest absolute Gasteiger partial charge is 0.354 e. The maximum Gasteiger partial charge on any atom is 0.247 e. The van der Waals surface area contributed by atoms with Gasteiger partial charge in [-0.3, -0.25) is 9.78 Å². The standard InChI is InChI=1S/C35H41N5O/c41-34(37-31-23-28-13-9-10-18-32(28)36-24-31)33(22-25-19-20-26-11-7-8-12-27(26)21-25)40-35(38-29-14-3-1-4-15-29)39-30-16-5-2-6-17-30/h7-13,18-21,23-24,29-30,33H,1-6,14-17,22H2,(H,37,41)(H2,38,39,40)/t33-/m1/s1. The van der Waals surface area contributed by atoms with E-state index >= 15 is 0 Å². The molecule has 2 saturated carbocycles. The van der Waals surface area contributed by atoms with Gasteiger partial charge in [0.1, 0.15) is 6.04 Å². The molecular weight excluding hydrogens is 506 g/mol. The second-order valence-electron chi connectivity index (χ2n) is 11.7. The quantitative estimate of drug-likeness (QED) is 0.170. The summed E-state index contributed by atoms with van der Waals surface area (Å²) in [4.78, 5) is 23.7. The summed E-state index contributed by atoms with van der Waals surface area (Å²) in [5, 5.41) is 13.9. The first-order valence-corrected chi connectivity index (χ1v) is 15.4. The van der Waals surface area contributed by atoms with Gasteiger partial charge >= 0.3 is 0 Å². The highest BCUT2D eigenvalue weighted by atomic mass is 16.2. The van der Waals surface area contributed by atoms with Crippen LogP contribution in [0, 0.1) is 0 Å². The summed E-state index contributed by atoms with van der Waals surface area (Å²) in [6, 6.07) is 25.0. The summed E-state index contributed by atoms with van der Waals surface area (Å²) >= 11 is 0. The minimum absolute atomic E-state index is 0.0861. The van der Waals surface area contributed by atoms with Crippen molar-refractivity contribution in [3.63, 3.8) is 0 Å². The molecule has 1 heterocycles. The van der Waals surface area contributed by atoms with Crippen molar-refractivity contribution in [3.8, 4) is 0 Å². The lowest BCUT2D eigenvalue weighted by molar-refractivity contribution is -0.117. The number of anilines is 1. The summed E-state index contributed by atoms with van der Waals surface area (Å²) < 4.78 is 0. The average Bonchev–Trinajstić information content (AvgIpc) is 3.01. The summed E-state index contributed by atoms with van der Waals surface area (Å²) in [6.45, 7) is 0. The third kappa shape index (κ3) is 7.24. The fraction of sp³-hybridized carbons (Fsp3) is 0.400. The van der Waals surface area contributed by atoms with E-state index in [0.29, 0.717) is 24.2 Å².